The predicted octanol–water partition coefficient (Wildman–Crippen LogP) is -0.358. The molecule has 0 saturated carbocycles. The Kier molecular flexibility index (Phi) is 3.91. The van der Waals surface area contributed by atoms with Crippen molar-refractivity contribution in [3.8, 4) is 0 Å². The highest BCUT2D eigenvalue weighted by Gasteiger charge is 2.32. The fourth-order valence-corrected chi connectivity index (χ4v) is 5.23. The Morgan fingerprint density at radius 3 is 2.52 bits per heavy atom. The van der Waals surface area contributed by atoms with Gasteiger partial charge in [0.05, 0.1) is 22.1 Å². The zero-order valence-corrected chi connectivity index (χ0v) is 12.4. The Bertz CT molecular complexity index is 787. The second-order valence-electron chi connectivity index (χ2n) is 4.70. The van der Waals surface area contributed by atoms with Gasteiger partial charge in [0.25, 0.3) is 5.69 Å². The van der Waals surface area contributed by atoms with Gasteiger partial charge in [-0.2, -0.15) is 0 Å². The van der Waals surface area contributed by atoms with Gasteiger partial charge in [0.1, 0.15) is 4.90 Å². The second kappa shape index (κ2) is 5.24. The van der Waals surface area contributed by atoms with Crippen LogP contribution in [0.1, 0.15) is 6.42 Å². The fraction of sp³-hybridized carbons (Fsp3) is 0.400. The van der Waals surface area contributed by atoms with E-state index in [2.05, 4.69) is 4.72 Å². The minimum absolute atomic E-state index is 0.0735. The number of anilines is 1. The molecule has 1 aromatic rings. The van der Waals surface area contributed by atoms with Gasteiger partial charge in [-0.3, -0.25) is 10.1 Å². The summed E-state index contributed by atoms with van der Waals surface area (Å²) in [7, 11) is -7.25. The zero-order valence-electron chi connectivity index (χ0n) is 10.7. The maximum Gasteiger partial charge on any atom is 0.271 e. The van der Waals surface area contributed by atoms with Crippen LogP contribution in [0.5, 0.6) is 0 Å². The number of nitro groups is 1. The summed E-state index contributed by atoms with van der Waals surface area (Å²) in [6, 6.07) is 2.28. The summed E-state index contributed by atoms with van der Waals surface area (Å²) >= 11 is 0. The summed E-state index contributed by atoms with van der Waals surface area (Å²) in [5.74, 6) is -0.338. The predicted molar refractivity (Wildman–Crippen MR) is 74.9 cm³/mol. The normalized spacial score (nSPS) is 21.2. The molecule has 9 nitrogen and oxygen atoms in total. The maximum atomic E-state index is 12.1. The molecular formula is C10H13N3O6S2. The van der Waals surface area contributed by atoms with Gasteiger partial charge in [-0.15, -0.1) is 0 Å². The number of benzene rings is 1. The van der Waals surface area contributed by atoms with Gasteiger partial charge in [0, 0.05) is 18.2 Å². The lowest BCUT2D eigenvalue weighted by Gasteiger charge is -2.12. The van der Waals surface area contributed by atoms with E-state index in [0.717, 1.165) is 18.2 Å². The first-order valence-corrected chi connectivity index (χ1v) is 9.18. The number of rotatable bonds is 4. The van der Waals surface area contributed by atoms with Crippen LogP contribution in [0.15, 0.2) is 23.1 Å². The molecule has 1 atom stereocenters. The molecule has 1 saturated heterocycles. The summed E-state index contributed by atoms with van der Waals surface area (Å²) in [6.45, 7) is 0. The van der Waals surface area contributed by atoms with Gasteiger partial charge in [-0.25, -0.2) is 21.6 Å². The van der Waals surface area contributed by atoms with E-state index in [1.807, 2.05) is 0 Å². The molecule has 3 N–H and O–H groups in total. The van der Waals surface area contributed by atoms with Gasteiger partial charge in [-0.1, -0.05) is 0 Å². The molecule has 1 fully saturated rings. The van der Waals surface area contributed by atoms with Crippen LogP contribution in [0, 0.1) is 10.1 Å². The number of nitrogens with two attached hydrogens (primary N) is 1. The summed E-state index contributed by atoms with van der Waals surface area (Å²) in [5, 5.41) is 10.6. The molecule has 116 valence electrons. The second-order valence-corrected chi connectivity index (χ2v) is 8.61. The Labute approximate surface area is 121 Å². The molecule has 2 rings (SSSR count). The first-order chi connectivity index (χ1) is 9.61. The van der Waals surface area contributed by atoms with E-state index in [1.54, 1.807) is 0 Å². The number of non-ortho nitro benzene ring substituents is 1. The highest BCUT2D eigenvalue weighted by atomic mass is 32.2. The van der Waals surface area contributed by atoms with Crippen molar-refractivity contribution in [2.45, 2.75) is 17.4 Å². The first-order valence-electron chi connectivity index (χ1n) is 5.87. The number of sulfonamides is 1. The first kappa shape index (κ1) is 15.7. The third-order valence-electron chi connectivity index (χ3n) is 3.05. The van der Waals surface area contributed by atoms with Crippen molar-refractivity contribution in [3.63, 3.8) is 0 Å². The van der Waals surface area contributed by atoms with Crippen LogP contribution >= 0.6 is 0 Å². The van der Waals surface area contributed by atoms with Crippen LogP contribution in [0.2, 0.25) is 0 Å². The van der Waals surface area contributed by atoms with Crippen LogP contribution in [-0.4, -0.2) is 39.3 Å². The Morgan fingerprint density at radius 1 is 1.38 bits per heavy atom. The van der Waals surface area contributed by atoms with Crippen molar-refractivity contribution in [2.24, 2.45) is 0 Å². The molecule has 11 heteroatoms. The number of nitrogens with zero attached hydrogens (tertiary/aromatic N) is 1. The van der Waals surface area contributed by atoms with E-state index in [4.69, 9.17) is 5.73 Å². The number of nitrogen functional groups attached to an aromatic ring is 1. The molecule has 1 aliphatic rings. The van der Waals surface area contributed by atoms with E-state index >= 15 is 0 Å². The molecule has 1 unspecified atom stereocenters. The van der Waals surface area contributed by atoms with Crippen molar-refractivity contribution >= 4 is 31.2 Å². The number of sulfone groups is 1. The van der Waals surface area contributed by atoms with Gasteiger partial charge < -0.3 is 5.73 Å². The van der Waals surface area contributed by atoms with Crippen molar-refractivity contribution in [3.05, 3.63) is 28.3 Å². The largest absolute Gasteiger partial charge is 0.397 e. The molecule has 0 aliphatic carbocycles. The van der Waals surface area contributed by atoms with E-state index in [-0.39, 0.29) is 34.2 Å². The lowest BCUT2D eigenvalue weighted by Crippen LogP contribution is -2.35. The third kappa shape index (κ3) is 3.49. The number of nitro benzene ring substituents is 1. The highest BCUT2D eigenvalue weighted by Crippen LogP contribution is 2.24. The zero-order chi connectivity index (χ0) is 15.8. The monoisotopic (exact) mass is 335 g/mol. The molecule has 1 aromatic carbocycles. The van der Waals surface area contributed by atoms with Crippen LogP contribution in [0.25, 0.3) is 0 Å². The van der Waals surface area contributed by atoms with Crippen LogP contribution in [-0.2, 0) is 19.9 Å². The molecule has 1 heterocycles. The van der Waals surface area contributed by atoms with E-state index in [9.17, 15) is 26.9 Å². The Morgan fingerprint density at radius 2 is 2.05 bits per heavy atom. The van der Waals surface area contributed by atoms with Crippen molar-refractivity contribution in [2.75, 3.05) is 17.2 Å². The fourth-order valence-electron chi connectivity index (χ4n) is 2.07. The van der Waals surface area contributed by atoms with Crippen LogP contribution in [0.3, 0.4) is 0 Å². The summed E-state index contributed by atoms with van der Waals surface area (Å²) in [6.07, 6.45) is 0.189. The molecule has 0 radical (unpaired) electrons. The van der Waals surface area contributed by atoms with Crippen LogP contribution in [0.4, 0.5) is 11.4 Å². The molecule has 0 spiro atoms. The minimum atomic E-state index is -4.03. The van der Waals surface area contributed by atoms with Gasteiger partial charge in [0.15, 0.2) is 9.84 Å². The standard InChI is InChI=1S/C10H13N3O6S2/c11-9-5-8(13(14)15)1-2-10(9)21(18,19)12-7-3-4-20(16,17)6-7/h1-2,5,7,12H,3-4,6,11H2. The van der Waals surface area contributed by atoms with Gasteiger partial charge in [-0.05, 0) is 12.5 Å². The maximum absolute atomic E-state index is 12.1. The average molecular weight is 335 g/mol. The average Bonchev–Trinajstić information content (AvgIpc) is 2.67. The molecule has 0 bridgehead atoms. The van der Waals surface area contributed by atoms with Crippen LogP contribution < -0.4 is 10.5 Å². The molecule has 21 heavy (non-hydrogen) atoms. The van der Waals surface area contributed by atoms with E-state index in [1.165, 1.54) is 0 Å². The Hall–Kier alpha value is -1.72. The van der Waals surface area contributed by atoms with E-state index < -0.39 is 30.8 Å². The van der Waals surface area contributed by atoms with Crippen molar-refractivity contribution in [1.29, 1.82) is 0 Å². The summed E-state index contributed by atoms with van der Waals surface area (Å²) in [4.78, 5) is 9.58. The molecule has 0 amide bonds. The lowest BCUT2D eigenvalue weighted by molar-refractivity contribution is -0.384. The lowest BCUT2D eigenvalue weighted by atomic mass is 10.3. The quantitative estimate of drug-likeness (QED) is 0.433. The topological polar surface area (TPSA) is 149 Å². The summed E-state index contributed by atoms with van der Waals surface area (Å²) in [5.41, 5.74) is 4.94. The molecular weight excluding hydrogens is 322 g/mol. The SMILES string of the molecule is Nc1cc([N+](=O)[O-])ccc1S(=O)(=O)NC1CCS(=O)(=O)C1. The van der Waals surface area contributed by atoms with Gasteiger partial charge >= 0.3 is 0 Å². The van der Waals surface area contributed by atoms with Gasteiger partial charge in [0.2, 0.25) is 10.0 Å². The smallest absolute Gasteiger partial charge is 0.271 e. The van der Waals surface area contributed by atoms with Crippen molar-refractivity contribution < 1.29 is 21.8 Å². The third-order valence-corrected chi connectivity index (χ3v) is 6.41. The van der Waals surface area contributed by atoms with E-state index in [0.29, 0.717) is 0 Å². The summed E-state index contributed by atoms with van der Waals surface area (Å²) < 4.78 is 49.2. The number of hydrogen-bond acceptors (Lipinski definition) is 7. The minimum Gasteiger partial charge on any atom is -0.397 e. The number of hydrogen-bond donors (Lipinski definition) is 2. The van der Waals surface area contributed by atoms with Crippen molar-refractivity contribution in [1.82, 2.24) is 4.72 Å². The Balaban J connectivity index is 2.26. The highest BCUT2D eigenvalue weighted by molar-refractivity contribution is 7.92. The number of nitrogens with one attached hydrogen (secondary N) is 1. The molecule has 1 aliphatic heterocycles. The molecule has 0 aromatic heterocycles.